The summed E-state index contributed by atoms with van der Waals surface area (Å²) >= 11 is 0. The number of hydrogen-bond donors (Lipinski definition) is 0. The first-order valence-corrected chi connectivity index (χ1v) is 12.3. The van der Waals surface area contributed by atoms with Gasteiger partial charge in [-0.1, -0.05) is 18.2 Å². The lowest BCUT2D eigenvalue weighted by molar-refractivity contribution is -0.161. The lowest BCUT2D eigenvalue weighted by atomic mass is 9.49. The molecule has 1 aliphatic heterocycles. The van der Waals surface area contributed by atoms with Crippen LogP contribution in [0.5, 0.6) is 5.75 Å². The number of likely N-dealkylation sites (tertiary alicyclic amines) is 1. The van der Waals surface area contributed by atoms with E-state index in [-0.39, 0.29) is 17.4 Å². The summed E-state index contributed by atoms with van der Waals surface area (Å²) in [6.45, 7) is 3.81. The molecule has 31 heavy (non-hydrogen) atoms. The van der Waals surface area contributed by atoms with Crippen LogP contribution in [0.3, 0.4) is 0 Å². The Morgan fingerprint density at radius 1 is 1.10 bits per heavy atom. The minimum atomic E-state index is -0.301. The van der Waals surface area contributed by atoms with Crippen molar-refractivity contribution in [3.05, 3.63) is 29.8 Å². The fraction of sp³-hybridized carbons (Fsp3) is 0.692. The quantitative estimate of drug-likeness (QED) is 0.686. The van der Waals surface area contributed by atoms with E-state index in [2.05, 4.69) is 0 Å². The number of likely N-dealkylation sites (N-methyl/N-ethyl adjacent to an activating group) is 1. The molecule has 0 radical (unpaired) electrons. The molecular formula is C26H36N2O3. The van der Waals surface area contributed by atoms with Crippen LogP contribution in [0, 0.1) is 23.2 Å². The summed E-state index contributed by atoms with van der Waals surface area (Å²) in [4.78, 5) is 31.1. The van der Waals surface area contributed by atoms with E-state index in [0.717, 1.165) is 67.7 Å². The summed E-state index contributed by atoms with van der Waals surface area (Å²) in [7, 11) is 1.86. The van der Waals surface area contributed by atoms with Crippen LogP contribution in [0.15, 0.2) is 24.3 Å². The highest BCUT2D eigenvalue weighted by molar-refractivity contribution is 5.91. The molecule has 0 N–H and O–H groups in total. The van der Waals surface area contributed by atoms with Gasteiger partial charge < -0.3 is 14.5 Å². The van der Waals surface area contributed by atoms with Gasteiger partial charge in [0.05, 0.1) is 12.0 Å². The number of nitrogens with zero attached hydrogens (tertiary/aromatic N) is 2. The number of ether oxygens (including phenoxy) is 1. The fourth-order valence-corrected chi connectivity index (χ4v) is 7.46. The van der Waals surface area contributed by atoms with E-state index in [1.165, 1.54) is 19.3 Å². The molecule has 4 saturated carbocycles. The average Bonchev–Trinajstić information content (AvgIpc) is 3.23. The highest BCUT2D eigenvalue weighted by atomic mass is 16.5. The second-order valence-corrected chi connectivity index (χ2v) is 10.6. The van der Waals surface area contributed by atoms with E-state index in [9.17, 15) is 9.59 Å². The topological polar surface area (TPSA) is 49.9 Å². The van der Waals surface area contributed by atoms with E-state index in [1.54, 1.807) is 4.90 Å². The van der Waals surface area contributed by atoms with Gasteiger partial charge >= 0.3 is 0 Å². The van der Waals surface area contributed by atoms with E-state index >= 15 is 0 Å². The molecule has 0 aromatic heterocycles. The smallest absolute Gasteiger partial charge is 0.245 e. The van der Waals surface area contributed by atoms with Crippen LogP contribution in [-0.2, 0) is 16.1 Å². The Kier molecular flexibility index (Phi) is 5.47. The van der Waals surface area contributed by atoms with Gasteiger partial charge in [-0.3, -0.25) is 9.59 Å². The third-order valence-electron chi connectivity index (χ3n) is 8.35. The Morgan fingerprint density at radius 3 is 2.39 bits per heavy atom. The summed E-state index contributed by atoms with van der Waals surface area (Å²) < 4.78 is 5.74. The molecule has 2 amide bonds. The van der Waals surface area contributed by atoms with E-state index in [1.807, 2.05) is 43.1 Å². The van der Waals surface area contributed by atoms with Crippen molar-refractivity contribution in [2.24, 2.45) is 23.2 Å². The molecular weight excluding hydrogens is 388 g/mol. The first-order chi connectivity index (χ1) is 15.0. The fourth-order valence-electron chi connectivity index (χ4n) is 7.46. The largest absolute Gasteiger partial charge is 0.494 e. The molecule has 1 heterocycles. The molecule has 1 atom stereocenters. The molecule has 5 fully saturated rings. The van der Waals surface area contributed by atoms with E-state index in [4.69, 9.17) is 4.74 Å². The predicted octanol–water partition coefficient (Wildman–Crippen LogP) is 4.25. The minimum Gasteiger partial charge on any atom is -0.494 e. The number of rotatable bonds is 6. The maximum absolute atomic E-state index is 13.9. The Hall–Kier alpha value is -2.04. The van der Waals surface area contributed by atoms with Crippen molar-refractivity contribution in [1.29, 1.82) is 0 Å². The second kappa shape index (κ2) is 8.14. The van der Waals surface area contributed by atoms with Crippen LogP contribution in [0.1, 0.15) is 63.9 Å². The van der Waals surface area contributed by atoms with Crippen LogP contribution in [0.25, 0.3) is 0 Å². The number of benzene rings is 1. The summed E-state index contributed by atoms with van der Waals surface area (Å²) in [6, 6.07) is 7.61. The number of para-hydroxylation sites is 1. The zero-order valence-electron chi connectivity index (χ0n) is 19.0. The maximum atomic E-state index is 13.9. The SMILES string of the molecule is CCOc1ccccc1CN(C)C(=O)C1CCCN1C(=O)C12CC3CC(CC(C3)C1)C2. The van der Waals surface area contributed by atoms with Crippen LogP contribution < -0.4 is 4.74 Å². The van der Waals surface area contributed by atoms with Crippen molar-refractivity contribution in [3.8, 4) is 5.75 Å². The van der Waals surface area contributed by atoms with Gasteiger partial charge in [0.2, 0.25) is 11.8 Å². The Labute approximate surface area is 186 Å². The minimum absolute atomic E-state index is 0.0712. The van der Waals surface area contributed by atoms with Gasteiger partial charge in [-0.25, -0.2) is 0 Å². The highest BCUT2D eigenvalue weighted by Gasteiger charge is 2.56. The molecule has 1 unspecified atom stereocenters. The number of carbonyl (C=O) groups is 2. The monoisotopic (exact) mass is 424 g/mol. The number of hydrogen-bond acceptors (Lipinski definition) is 3. The zero-order chi connectivity index (χ0) is 21.6. The highest BCUT2D eigenvalue weighted by Crippen LogP contribution is 2.60. The van der Waals surface area contributed by atoms with Crippen molar-refractivity contribution in [3.63, 3.8) is 0 Å². The standard InChI is InChI=1S/C26H36N2O3/c1-3-31-23-9-5-4-7-21(23)17-27(2)24(29)22-8-6-10-28(22)25(30)26-14-18-11-19(15-26)13-20(12-18)16-26/h4-5,7,9,18-20,22H,3,6,8,10-17H2,1-2H3. The van der Waals surface area contributed by atoms with Gasteiger partial charge in [-0.05, 0) is 82.1 Å². The van der Waals surface area contributed by atoms with Gasteiger partial charge in [0.15, 0.2) is 0 Å². The molecule has 1 aromatic carbocycles. The number of carbonyl (C=O) groups excluding carboxylic acids is 2. The lowest BCUT2D eigenvalue weighted by Gasteiger charge is -2.56. The molecule has 4 aliphatic carbocycles. The summed E-state index contributed by atoms with van der Waals surface area (Å²) in [5, 5.41) is 0. The van der Waals surface area contributed by atoms with E-state index < -0.39 is 0 Å². The van der Waals surface area contributed by atoms with Gasteiger partial charge in [-0.15, -0.1) is 0 Å². The molecule has 1 saturated heterocycles. The van der Waals surface area contributed by atoms with Crippen molar-refractivity contribution >= 4 is 11.8 Å². The molecule has 4 bridgehead atoms. The second-order valence-electron chi connectivity index (χ2n) is 10.6. The normalized spacial score (nSPS) is 33.5. The van der Waals surface area contributed by atoms with Crippen molar-refractivity contribution in [2.75, 3.05) is 20.2 Å². The molecule has 1 aromatic rings. The van der Waals surface area contributed by atoms with Crippen LogP contribution in [0.2, 0.25) is 0 Å². The van der Waals surface area contributed by atoms with Crippen molar-refractivity contribution < 1.29 is 14.3 Å². The molecule has 5 aliphatic rings. The van der Waals surface area contributed by atoms with Crippen molar-refractivity contribution in [2.45, 2.75) is 70.9 Å². The Bertz CT molecular complexity index is 816. The lowest BCUT2D eigenvalue weighted by Crippen LogP contribution is -2.57. The maximum Gasteiger partial charge on any atom is 0.245 e. The molecule has 168 valence electrons. The van der Waals surface area contributed by atoms with Crippen LogP contribution in [0.4, 0.5) is 0 Å². The van der Waals surface area contributed by atoms with Crippen LogP contribution in [-0.4, -0.2) is 47.9 Å². The first-order valence-electron chi connectivity index (χ1n) is 12.3. The number of amides is 2. The molecule has 6 rings (SSSR count). The molecule has 0 spiro atoms. The van der Waals surface area contributed by atoms with Crippen LogP contribution >= 0.6 is 0 Å². The average molecular weight is 425 g/mol. The summed E-state index contributed by atoms with van der Waals surface area (Å²) in [6.07, 6.45) is 8.89. The first kappa shape index (κ1) is 20.8. The third-order valence-corrected chi connectivity index (χ3v) is 8.35. The third kappa shape index (κ3) is 3.74. The molecule has 5 heteroatoms. The van der Waals surface area contributed by atoms with E-state index in [0.29, 0.717) is 19.1 Å². The van der Waals surface area contributed by atoms with Gasteiger partial charge in [-0.2, -0.15) is 0 Å². The van der Waals surface area contributed by atoms with Crippen molar-refractivity contribution in [1.82, 2.24) is 9.80 Å². The predicted molar refractivity (Wildman–Crippen MR) is 119 cm³/mol. The van der Waals surface area contributed by atoms with Gasteiger partial charge in [0.1, 0.15) is 11.8 Å². The van der Waals surface area contributed by atoms with Gasteiger partial charge in [0, 0.05) is 25.7 Å². The Morgan fingerprint density at radius 2 is 1.74 bits per heavy atom. The zero-order valence-corrected chi connectivity index (χ0v) is 19.0. The summed E-state index contributed by atoms with van der Waals surface area (Å²) in [5.74, 6) is 3.42. The van der Waals surface area contributed by atoms with Gasteiger partial charge in [0.25, 0.3) is 0 Å². The Balaban J connectivity index is 1.30. The summed E-state index contributed by atoms with van der Waals surface area (Å²) in [5.41, 5.74) is 0.842. The molecule has 5 nitrogen and oxygen atoms in total.